The van der Waals surface area contributed by atoms with Crippen LogP contribution in [0, 0.1) is 0 Å². The molecule has 1 aromatic heterocycles. The van der Waals surface area contributed by atoms with E-state index < -0.39 is 23.2 Å². The third-order valence-electron chi connectivity index (χ3n) is 2.29. The third kappa shape index (κ3) is 3.46. The first-order valence-electron chi connectivity index (χ1n) is 5.38. The van der Waals surface area contributed by atoms with Gasteiger partial charge in [0.15, 0.2) is 0 Å². The molecular weight excluding hydrogens is 281 g/mol. The van der Waals surface area contributed by atoms with Crippen molar-refractivity contribution >= 4 is 22.9 Å². The van der Waals surface area contributed by atoms with Crippen LogP contribution in [-0.4, -0.2) is 28.5 Å². The van der Waals surface area contributed by atoms with Gasteiger partial charge in [0.2, 0.25) is 0 Å². The molecule has 0 aromatic carbocycles. The second-order valence-electron chi connectivity index (χ2n) is 3.65. The molecule has 0 saturated carbocycles. The molecule has 0 aliphatic carbocycles. The Morgan fingerprint density at radius 2 is 2.26 bits per heavy atom. The summed E-state index contributed by atoms with van der Waals surface area (Å²) in [6, 6.07) is 0.752. The van der Waals surface area contributed by atoms with Crippen LogP contribution >= 0.6 is 11.8 Å². The maximum Gasteiger partial charge on any atom is 0.417 e. The molecule has 0 N–H and O–H groups in total. The Labute approximate surface area is 111 Å². The number of carbonyl (C=O) groups is 1. The van der Waals surface area contributed by atoms with E-state index in [4.69, 9.17) is 4.74 Å². The monoisotopic (exact) mass is 290 g/mol. The first-order valence-corrected chi connectivity index (χ1v) is 6.37. The number of carbonyl (C=O) groups excluding carboxylic acids is 1. The summed E-state index contributed by atoms with van der Waals surface area (Å²) in [5.74, 6) is -0.268. The molecule has 1 amide bonds. The lowest BCUT2D eigenvalue weighted by Gasteiger charge is -2.14. The first kappa shape index (κ1) is 13.9. The second kappa shape index (κ2) is 5.60. The van der Waals surface area contributed by atoms with Gasteiger partial charge in [-0.15, -0.1) is 0 Å². The lowest BCUT2D eigenvalue weighted by molar-refractivity contribution is -0.138. The Balaban J connectivity index is 2.29. The summed E-state index contributed by atoms with van der Waals surface area (Å²) < 4.78 is 43.3. The molecule has 2 heterocycles. The summed E-state index contributed by atoms with van der Waals surface area (Å²) in [7, 11) is 0. The number of hydrogen-bond acceptors (Lipinski definition) is 4. The molecule has 1 aliphatic heterocycles. The lowest BCUT2D eigenvalue weighted by atomic mass is 10.1. The van der Waals surface area contributed by atoms with Gasteiger partial charge in [0.1, 0.15) is 0 Å². The van der Waals surface area contributed by atoms with E-state index in [0.29, 0.717) is 6.61 Å². The van der Waals surface area contributed by atoms with Crippen molar-refractivity contribution in [3.63, 3.8) is 0 Å². The SMILES string of the molecule is O=C(/N=C1/OCCCS1)c1cnccc1C(F)(F)F. The van der Waals surface area contributed by atoms with Crippen LogP contribution in [0.25, 0.3) is 0 Å². The van der Waals surface area contributed by atoms with E-state index in [9.17, 15) is 18.0 Å². The van der Waals surface area contributed by atoms with Crippen molar-refractivity contribution in [3.05, 3.63) is 29.6 Å². The molecule has 0 radical (unpaired) electrons. The van der Waals surface area contributed by atoms with Crippen LogP contribution < -0.4 is 0 Å². The zero-order chi connectivity index (χ0) is 13.9. The highest BCUT2D eigenvalue weighted by Crippen LogP contribution is 2.31. The van der Waals surface area contributed by atoms with Crippen molar-refractivity contribution in [2.45, 2.75) is 12.6 Å². The summed E-state index contributed by atoms with van der Waals surface area (Å²) in [6.07, 6.45) is -1.95. The fraction of sp³-hybridized carbons (Fsp3) is 0.364. The van der Waals surface area contributed by atoms with E-state index in [0.717, 1.165) is 30.6 Å². The Kier molecular flexibility index (Phi) is 4.08. The average molecular weight is 290 g/mol. The van der Waals surface area contributed by atoms with E-state index in [1.807, 2.05) is 0 Å². The fourth-order valence-corrected chi connectivity index (χ4v) is 2.19. The molecule has 1 aromatic rings. The van der Waals surface area contributed by atoms with Crippen LogP contribution in [0.4, 0.5) is 13.2 Å². The average Bonchev–Trinajstić information content (AvgIpc) is 2.39. The molecule has 1 aliphatic rings. The predicted molar refractivity (Wildman–Crippen MR) is 64.0 cm³/mol. The molecule has 8 heteroatoms. The molecular formula is C11H9F3N2O2S. The third-order valence-corrected chi connectivity index (χ3v) is 3.24. The molecule has 102 valence electrons. The van der Waals surface area contributed by atoms with Crippen molar-refractivity contribution in [1.82, 2.24) is 4.98 Å². The van der Waals surface area contributed by atoms with Gasteiger partial charge in [-0.05, 0) is 12.5 Å². The van der Waals surface area contributed by atoms with Crippen LogP contribution in [0.5, 0.6) is 0 Å². The van der Waals surface area contributed by atoms with Gasteiger partial charge < -0.3 is 4.74 Å². The number of amides is 1. The highest BCUT2D eigenvalue weighted by atomic mass is 32.2. The number of halogens is 3. The largest absolute Gasteiger partial charge is 0.473 e. The summed E-state index contributed by atoms with van der Waals surface area (Å²) in [4.78, 5) is 18.9. The maximum atomic E-state index is 12.7. The number of hydrogen-bond donors (Lipinski definition) is 0. The second-order valence-corrected chi connectivity index (χ2v) is 4.70. The number of aromatic nitrogens is 1. The number of alkyl halides is 3. The summed E-state index contributed by atoms with van der Waals surface area (Å²) in [6.45, 7) is 0.415. The number of aliphatic imine (C=N–C) groups is 1. The molecule has 0 spiro atoms. The highest BCUT2D eigenvalue weighted by molar-refractivity contribution is 8.13. The number of nitrogens with zero attached hydrogens (tertiary/aromatic N) is 2. The molecule has 2 rings (SSSR count). The van der Waals surface area contributed by atoms with Crippen LogP contribution in [0.15, 0.2) is 23.5 Å². The molecule has 1 saturated heterocycles. The lowest BCUT2D eigenvalue weighted by Crippen LogP contribution is -2.16. The number of pyridine rings is 1. The Morgan fingerprint density at radius 3 is 2.89 bits per heavy atom. The van der Waals surface area contributed by atoms with Gasteiger partial charge >= 0.3 is 6.18 Å². The highest BCUT2D eigenvalue weighted by Gasteiger charge is 2.35. The zero-order valence-corrected chi connectivity index (χ0v) is 10.4. The van der Waals surface area contributed by atoms with Crippen LogP contribution in [0.2, 0.25) is 0 Å². The van der Waals surface area contributed by atoms with E-state index in [1.54, 1.807) is 0 Å². The maximum absolute atomic E-state index is 12.7. The van der Waals surface area contributed by atoms with Gasteiger partial charge in [-0.3, -0.25) is 9.78 Å². The minimum atomic E-state index is -4.62. The summed E-state index contributed by atoms with van der Waals surface area (Å²) >= 11 is 1.20. The molecule has 0 bridgehead atoms. The predicted octanol–water partition coefficient (Wildman–Crippen LogP) is 2.75. The van der Waals surface area contributed by atoms with Crippen molar-refractivity contribution in [1.29, 1.82) is 0 Å². The van der Waals surface area contributed by atoms with Gasteiger partial charge in [0.25, 0.3) is 11.1 Å². The van der Waals surface area contributed by atoms with E-state index in [-0.39, 0.29) is 5.23 Å². The van der Waals surface area contributed by atoms with Crippen molar-refractivity contribution in [2.75, 3.05) is 12.4 Å². The summed E-state index contributed by atoms with van der Waals surface area (Å²) in [5.41, 5.74) is -1.62. The van der Waals surface area contributed by atoms with E-state index in [2.05, 4.69) is 9.98 Å². The summed E-state index contributed by atoms with van der Waals surface area (Å²) in [5, 5.41) is 0.105. The minimum absolute atomic E-state index is 0.105. The number of thioether (sulfide) groups is 1. The standard InChI is InChI=1S/C11H9F3N2O2S/c12-11(13,14)8-2-3-15-6-7(8)9(17)16-10-18-4-1-5-19-10/h2-3,6H,1,4-5H2/b16-10-. The Hall–Kier alpha value is -1.57. The normalized spacial score (nSPS) is 18.2. The first-order chi connectivity index (χ1) is 8.98. The Morgan fingerprint density at radius 1 is 1.47 bits per heavy atom. The van der Waals surface area contributed by atoms with Gasteiger partial charge in [-0.2, -0.15) is 18.2 Å². The quantitative estimate of drug-likeness (QED) is 0.798. The van der Waals surface area contributed by atoms with Crippen molar-refractivity contribution in [2.24, 2.45) is 4.99 Å². The van der Waals surface area contributed by atoms with Gasteiger partial charge in [0.05, 0.1) is 17.7 Å². The van der Waals surface area contributed by atoms with Gasteiger partial charge in [-0.25, -0.2) is 0 Å². The molecule has 4 nitrogen and oxygen atoms in total. The molecule has 0 unspecified atom stereocenters. The number of ether oxygens (including phenoxy) is 1. The molecule has 19 heavy (non-hydrogen) atoms. The van der Waals surface area contributed by atoms with Crippen LogP contribution in [0.3, 0.4) is 0 Å². The van der Waals surface area contributed by atoms with Crippen molar-refractivity contribution in [3.8, 4) is 0 Å². The smallest absolute Gasteiger partial charge is 0.417 e. The van der Waals surface area contributed by atoms with Crippen molar-refractivity contribution < 1.29 is 22.7 Å². The number of rotatable bonds is 1. The topological polar surface area (TPSA) is 51.5 Å². The minimum Gasteiger partial charge on any atom is -0.473 e. The molecule has 0 atom stereocenters. The van der Waals surface area contributed by atoms with Crippen LogP contribution in [-0.2, 0) is 10.9 Å². The van der Waals surface area contributed by atoms with Gasteiger partial charge in [0, 0.05) is 18.1 Å². The van der Waals surface area contributed by atoms with E-state index >= 15 is 0 Å². The fourth-order valence-electron chi connectivity index (χ4n) is 1.44. The van der Waals surface area contributed by atoms with Crippen LogP contribution in [0.1, 0.15) is 22.3 Å². The zero-order valence-electron chi connectivity index (χ0n) is 9.61. The Bertz CT molecular complexity index is 509. The molecule has 1 fully saturated rings. The van der Waals surface area contributed by atoms with Gasteiger partial charge in [-0.1, -0.05) is 11.8 Å². The van der Waals surface area contributed by atoms with E-state index in [1.165, 1.54) is 11.8 Å².